The first kappa shape index (κ1) is 11.6. The summed E-state index contributed by atoms with van der Waals surface area (Å²) in [5.74, 6) is -1.12. The Balaban J connectivity index is 1.86. The molecule has 0 aromatic carbocycles. The fraction of sp³-hybridized carbons (Fsp3) is 0.636. The summed E-state index contributed by atoms with van der Waals surface area (Å²) in [6, 6.07) is -0.325. The first-order chi connectivity index (χ1) is 8.68. The number of rotatable bonds is 3. The lowest BCUT2D eigenvalue weighted by Crippen LogP contribution is -2.48. The van der Waals surface area contributed by atoms with Crippen LogP contribution in [0.2, 0.25) is 0 Å². The molecule has 3 rings (SSSR count). The van der Waals surface area contributed by atoms with Gasteiger partial charge in [-0.15, -0.1) is 0 Å². The number of H-pyrrole nitrogens is 1. The molecule has 1 aromatic heterocycles. The van der Waals surface area contributed by atoms with Crippen molar-refractivity contribution in [1.82, 2.24) is 15.1 Å². The van der Waals surface area contributed by atoms with Gasteiger partial charge in [-0.3, -0.25) is 9.89 Å². The van der Waals surface area contributed by atoms with Gasteiger partial charge < -0.3 is 14.7 Å². The summed E-state index contributed by atoms with van der Waals surface area (Å²) in [5.41, 5.74) is -0.152. The average Bonchev–Trinajstić information content (AvgIpc) is 2.95. The van der Waals surface area contributed by atoms with Gasteiger partial charge in [-0.25, -0.2) is 4.39 Å². The van der Waals surface area contributed by atoms with Gasteiger partial charge in [0.25, 0.3) is 5.91 Å². The van der Waals surface area contributed by atoms with Crippen LogP contribution >= 0.6 is 0 Å². The minimum Gasteiger partial charge on any atom is -0.388 e. The predicted octanol–water partition coefficient (Wildman–Crippen LogP) is -0.0869. The number of carbonyl (C=O) groups is 1. The number of amides is 1. The van der Waals surface area contributed by atoms with Gasteiger partial charge in [-0.1, -0.05) is 0 Å². The SMILES string of the molecule is O=C(c1[nH]ncc1F)N(C1CC1)[C@@H]1COC[C@H]1O. The van der Waals surface area contributed by atoms with E-state index in [2.05, 4.69) is 10.2 Å². The Kier molecular flexibility index (Phi) is 2.79. The zero-order valence-corrected chi connectivity index (χ0v) is 9.67. The Morgan fingerprint density at radius 1 is 1.56 bits per heavy atom. The number of aliphatic hydroxyl groups is 1. The lowest BCUT2D eigenvalue weighted by atomic mass is 10.1. The zero-order valence-electron chi connectivity index (χ0n) is 9.67. The Morgan fingerprint density at radius 2 is 2.33 bits per heavy atom. The average molecular weight is 255 g/mol. The molecule has 2 atom stereocenters. The summed E-state index contributed by atoms with van der Waals surface area (Å²) in [7, 11) is 0. The van der Waals surface area contributed by atoms with E-state index in [1.807, 2.05) is 0 Å². The third-order valence-electron chi connectivity index (χ3n) is 3.36. The molecule has 1 aliphatic heterocycles. The van der Waals surface area contributed by atoms with Gasteiger partial charge in [-0.05, 0) is 12.8 Å². The highest BCUT2D eigenvalue weighted by atomic mass is 19.1. The van der Waals surface area contributed by atoms with E-state index in [-0.39, 0.29) is 18.3 Å². The minimum atomic E-state index is -0.708. The molecule has 1 saturated carbocycles. The van der Waals surface area contributed by atoms with Crippen molar-refractivity contribution in [3.63, 3.8) is 0 Å². The number of aromatic nitrogens is 2. The molecule has 1 aromatic rings. The van der Waals surface area contributed by atoms with Crippen LogP contribution in [0.5, 0.6) is 0 Å². The predicted molar refractivity (Wildman–Crippen MR) is 58.4 cm³/mol. The minimum absolute atomic E-state index is 0.0709. The van der Waals surface area contributed by atoms with E-state index < -0.39 is 23.9 Å². The fourth-order valence-electron chi connectivity index (χ4n) is 2.29. The smallest absolute Gasteiger partial charge is 0.275 e. The number of aromatic amines is 1. The maximum atomic E-state index is 13.4. The Bertz CT molecular complexity index is 460. The molecule has 2 aliphatic rings. The Morgan fingerprint density at radius 3 is 2.83 bits per heavy atom. The van der Waals surface area contributed by atoms with Crippen LogP contribution in [0, 0.1) is 5.82 Å². The van der Waals surface area contributed by atoms with E-state index in [0.29, 0.717) is 6.61 Å². The second-order valence-corrected chi connectivity index (χ2v) is 4.71. The van der Waals surface area contributed by atoms with E-state index in [4.69, 9.17) is 4.74 Å². The molecular weight excluding hydrogens is 241 g/mol. The van der Waals surface area contributed by atoms with Crippen molar-refractivity contribution in [1.29, 1.82) is 0 Å². The maximum absolute atomic E-state index is 13.4. The molecule has 1 aliphatic carbocycles. The molecule has 2 fully saturated rings. The number of ether oxygens (including phenoxy) is 1. The molecule has 0 spiro atoms. The summed E-state index contributed by atoms with van der Waals surface area (Å²) in [4.78, 5) is 13.8. The molecule has 0 radical (unpaired) electrons. The van der Waals surface area contributed by atoms with Crippen LogP contribution in [0.15, 0.2) is 6.20 Å². The number of halogens is 1. The van der Waals surface area contributed by atoms with Crippen molar-refractivity contribution < 1.29 is 19.0 Å². The number of hydrogen-bond acceptors (Lipinski definition) is 4. The van der Waals surface area contributed by atoms with Crippen molar-refractivity contribution in [2.75, 3.05) is 13.2 Å². The third kappa shape index (κ3) is 1.89. The molecule has 18 heavy (non-hydrogen) atoms. The molecular formula is C11H14FN3O3. The van der Waals surface area contributed by atoms with Crippen LogP contribution in [0.25, 0.3) is 0 Å². The van der Waals surface area contributed by atoms with Crippen molar-refractivity contribution in [2.24, 2.45) is 0 Å². The molecule has 1 amide bonds. The second-order valence-electron chi connectivity index (χ2n) is 4.71. The van der Waals surface area contributed by atoms with Crippen LogP contribution in [-0.2, 0) is 4.74 Å². The first-order valence-electron chi connectivity index (χ1n) is 5.96. The molecule has 0 unspecified atom stereocenters. The Hall–Kier alpha value is -1.47. The second kappa shape index (κ2) is 4.33. The van der Waals surface area contributed by atoms with Gasteiger partial charge in [0.15, 0.2) is 11.5 Å². The van der Waals surface area contributed by atoms with E-state index in [1.165, 1.54) is 4.90 Å². The van der Waals surface area contributed by atoms with Crippen LogP contribution in [0.3, 0.4) is 0 Å². The largest absolute Gasteiger partial charge is 0.388 e. The van der Waals surface area contributed by atoms with Crippen molar-refractivity contribution in [3.8, 4) is 0 Å². The van der Waals surface area contributed by atoms with E-state index in [9.17, 15) is 14.3 Å². The number of aliphatic hydroxyl groups excluding tert-OH is 1. The normalized spacial score (nSPS) is 27.4. The molecule has 6 nitrogen and oxygen atoms in total. The quantitative estimate of drug-likeness (QED) is 0.791. The van der Waals surface area contributed by atoms with Crippen LogP contribution in [-0.4, -0.2) is 57.5 Å². The van der Waals surface area contributed by atoms with E-state index >= 15 is 0 Å². The molecule has 2 heterocycles. The summed E-state index contributed by atoms with van der Waals surface area (Å²) in [6.07, 6.45) is 2.02. The highest BCUT2D eigenvalue weighted by Crippen LogP contribution is 2.32. The van der Waals surface area contributed by atoms with Crippen molar-refractivity contribution >= 4 is 5.91 Å². The van der Waals surface area contributed by atoms with Crippen LogP contribution in [0.4, 0.5) is 4.39 Å². The van der Waals surface area contributed by atoms with Gasteiger partial charge in [0.05, 0.1) is 31.6 Å². The summed E-state index contributed by atoms with van der Waals surface area (Å²) >= 11 is 0. The number of hydrogen-bond donors (Lipinski definition) is 2. The number of nitrogens with zero attached hydrogens (tertiary/aromatic N) is 2. The van der Waals surface area contributed by atoms with Gasteiger partial charge in [0, 0.05) is 6.04 Å². The first-order valence-corrected chi connectivity index (χ1v) is 5.96. The maximum Gasteiger partial charge on any atom is 0.275 e. The summed E-state index contributed by atoms with van der Waals surface area (Å²) in [5, 5.41) is 15.7. The van der Waals surface area contributed by atoms with Crippen molar-refractivity contribution in [2.45, 2.75) is 31.0 Å². The molecule has 2 N–H and O–H groups in total. The van der Waals surface area contributed by atoms with Crippen LogP contribution in [0.1, 0.15) is 23.3 Å². The fourth-order valence-corrected chi connectivity index (χ4v) is 2.29. The monoisotopic (exact) mass is 255 g/mol. The van der Waals surface area contributed by atoms with Gasteiger partial charge in [0.1, 0.15) is 0 Å². The van der Waals surface area contributed by atoms with Gasteiger partial charge >= 0.3 is 0 Å². The van der Waals surface area contributed by atoms with Crippen molar-refractivity contribution in [3.05, 3.63) is 17.7 Å². The standard InChI is InChI=1S/C11H14FN3O3/c12-7-3-13-14-10(7)11(17)15(6-1-2-6)8-4-18-5-9(8)16/h3,6,8-9,16H,1-2,4-5H2,(H,13,14)/t8-,9-/m1/s1. The number of carbonyl (C=O) groups excluding carboxylic acids is 1. The van der Waals surface area contributed by atoms with Crippen LogP contribution < -0.4 is 0 Å². The summed E-state index contributed by atoms with van der Waals surface area (Å²) < 4.78 is 18.6. The third-order valence-corrected chi connectivity index (χ3v) is 3.36. The van der Waals surface area contributed by atoms with Gasteiger partial charge in [0.2, 0.25) is 0 Å². The molecule has 7 heteroatoms. The van der Waals surface area contributed by atoms with Gasteiger partial charge in [-0.2, -0.15) is 5.10 Å². The summed E-state index contributed by atoms with van der Waals surface area (Å²) in [6.45, 7) is 0.506. The number of nitrogens with one attached hydrogen (secondary N) is 1. The highest BCUT2D eigenvalue weighted by molar-refractivity contribution is 5.93. The highest BCUT2D eigenvalue weighted by Gasteiger charge is 2.43. The molecule has 1 saturated heterocycles. The zero-order chi connectivity index (χ0) is 12.7. The lowest BCUT2D eigenvalue weighted by molar-refractivity contribution is 0.0469. The Labute approximate surface area is 103 Å². The van der Waals surface area contributed by atoms with E-state index in [0.717, 1.165) is 19.0 Å². The van der Waals surface area contributed by atoms with E-state index in [1.54, 1.807) is 0 Å². The lowest BCUT2D eigenvalue weighted by Gasteiger charge is -2.29. The topological polar surface area (TPSA) is 78.5 Å². The molecule has 0 bridgehead atoms. The molecule has 98 valence electrons.